The number of carbonyl (C=O) groups is 2. The van der Waals surface area contributed by atoms with Crippen molar-refractivity contribution in [2.45, 2.75) is 18.5 Å². The van der Waals surface area contributed by atoms with Crippen LogP contribution in [0.3, 0.4) is 0 Å². The van der Waals surface area contributed by atoms with Crippen molar-refractivity contribution in [3.05, 3.63) is 99.5 Å². The summed E-state index contributed by atoms with van der Waals surface area (Å²) >= 11 is 7.80. The number of rotatable bonds is 4. The first-order valence-corrected chi connectivity index (χ1v) is 12.1. The summed E-state index contributed by atoms with van der Waals surface area (Å²) < 4.78 is 1.13. The van der Waals surface area contributed by atoms with E-state index in [0.29, 0.717) is 36.5 Å². The van der Waals surface area contributed by atoms with Gasteiger partial charge in [-0.1, -0.05) is 54.1 Å². The Bertz CT molecular complexity index is 1370. The molecule has 1 aromatic heterocycles. The van der Waals surface area contributed by atoms with Crippen molar-refractivity contribution in [2.75, 3.05) is 13.1 Å². The van der Waals surface area contributed by atoms with E-state index < -0.39 is 5.66 Å². The monoisotopic (exact) mass is 473 g/mol. The highest BCUT2D eigenvalue weighted by molar-refractivity contribution is 7.18. The zero-order valence-corrected chi connectivity index (χ0v) is 19.3. The molecule has 1 fully saturated rings. The Labute approximate surface area is 200 Å². The lowest BCUT2D eigenvalue weighted by Crippen LogP contribution is -2.51. The number of thiazole rings is 1. The number of hydrogen-bond donors (Lipinski definition) is 0. The molecule has 0 bridgehead atoms. The number of halogens is 1. The van der Waals surface area contributed by atoms with E-state index in [1.807, 2.05) is 82.6 Å². The van der Waals surface area contributed by atoms with Gasteiger partial charge in [-0.25, -0.2) is 4.98 Å². The third kappa shape index (κ3) is 3.01. The van der Waals surface area contributed by atoms with Crippen LogP contribution in [-0.2, 0) is 16.9 Å². The van der Waals surface area contributed by atoms with Crippen LogP contribution in [0.2, 0.25) is 5.02 Å². The van der Waals surface area contributed by atoms with Gasteiger partial charge in [-0.3, -0.25) is 9.59 Å². The first kappa shape index (κ1) is 20.4. The molecule has 0 aliphatic carbocycles. The molecule has 2 aliphatic rings. The largest absolute Gasteiger partial charge is 0.310 e. The SMILES string of the molecule is O=C(CCc1nc2ccccc2s1)N1CCN2C(=O)c3ccccc3C12c1ccc(Cl)cc1. The second-order valence-corrected chi connectivity index (χ2v) is 9.85. The highest BCUT2D eigenvalue weighted by Crippen LogP contribution is 2.50. The average Bonchev–Trinajstić information content (AvgIpc) is 3.50. The van der Waals surface area contributed by atoms with Crippen molar-refractivity contribution in [1.82, 2.24) is 14.8 Å². The number of nitrogens with zero attached hydrogens (tertiary/aromatic N) is 3. The third-order valence-electron chi connectivity index (χ3n) is 6.55. The Morgan fingerprint density at radius 1 is 1.00 bits per heavy atom. The third-order valence-corrected chi connectivity index (χ3v) is 7.89. The smallest absolute Gasteiger partial charge is 0.256 e. The van der Waals surface area contributed by atoms with Gasteiger partial charge in [0.1, 0.15) is 0 Å². The van der Waals surface area contributed by atoms with E-state index in [2.05, 4.69) is 4.98 Å². The number of benzene rings is 3. The van der Waals surface area contributed by atoms with Crippen LogP contribution in [0.5, 0.6) is 0 Å². The van der Waals surface area contributed by atoms with Gasteiger partial charge in [-0.05, 0) is 30.3 Å². The van der Waals surface area contributed by atoms with Crippen LogP contribution < -0.4 is 0 Å². The minimum absolute atomic E-state index is 0.0104. The van der Waals surface area contributed by atoms with Crippen molar-refractivity contribution in [1.29, 1.82) is 0 Å². The molecule has 0 saturated carbocycles. The molecule has 33 heavy (non-hydrogen) atoms. The number of aromatic nitrogens is 1. The topological polar surface area (TPSA) is 53.5 Å². The quantitative estimate of drug-likeness (QED) is 0.415. The molecule has 4 aromatic rings. The lowest BCUT2D eigenvalue weighted by Gasteiger charge is -2.40. The van der Waals surface area contributed by atoms with E-state index in [-0.39, 0.29) is 11.8 Å². The van der Waals surface area contributed by atoms with Crippen LogP contribution in [-0.4, -0.2) is 39.7 Å². The van der Waals surface area contributed by atoms with E-state index in [1.54, 1.807) is 11.3 Å². The molecular weight excluding hydrogens is 454 g/mol. The Morgan fingerprint density at radius 3 is 2.58 bits per heavy atom. The van der Waals surface area contributed by atoms with E-state index in [4.69, 9.17) is 11.6 Å². The van der Waals surface area contributed by atoms with Crippen LogP contribution >= 0.6 is 22.9 Å². The predicted octanol–water partition coefficient (Wildman–Crippen LogP) is 5.08. The highest BCUT2D eigenvalue weighted by Gasteiger charge is 2.59. The fourth-order valence-corrected chi connectivity index (χ4v) is 6.25. The Hall–Kier alpha value is -3.22. The van der Waals surface area contributed by atoms with Crippen molar-refractivity contribution >= 4 is 45.0 Å². The van der Waals surface area contributed by atoms with E-state index in [0.717, 1.165) is 26.4 Å². The molecule has 2 amide bonds. The number of fused-ring (bicyclic) bond motifs is 4. The molecular formula is C26H20ClN3O2S. The summed E-state index contributed by atoms with van der Waals surface area (Å²) in [6.45, 7) is 0.977. The molecule has 1 atom stereocenters. The summed E-state index contributed by atoms with van der Waals surface area (Å²) in [5.74, 6) is -0.0294. The zero-order chi connectivity index (χ0) is 22.6. The normalized spacial score (nSPS) is 19.2. The van der Waals surface area contributed by atoms with Crippen molar-refractivity contribution in [3.8, 4) is 0 Å². The van der Waals surface area contributed by atoms with Crippen LogP contribution in [0.25, 0.3) is 10.2 Å². The van der Waals surface area contributed by atoms with Crippen molar-refractivity contribution in [3.63, 3.8) is 0 Å². The standard InChI is InChI=1S/C26H20ClN3O2S/c27-18-11-9-17(10-12-18)26-20-6-2-1-5-19(20)25(32)30(26)16-15-29(26)24(31)14-13-23-28-21-7-3-4-8-22(21)33-23/h1-12H,13-16H2. The zero-order valence-electron chi connectivity index (χ0n) is 17.7. The van der Waals surface area contributed by atoms with E-state index >= 15 is 0 Å². The van der Waals surface area contributed by atoms with Crippen LogP contribution in [0.1, 0.15) is 32.9 Å². The second kappa shape index (κ2) is 7.68. The lowest BCUT2D eigenvalue weighted by molar-refractivity contribution is -0.136. The second-order valence-electron chi connectivity index (χ2n) is 8.30. The summed E-state index contributed by atoms with van der Waals surface area (Å²) in [5, 5.41) is 1.56. The molecule has 6 rings (SSSR count). The predicted molar refractivity (Wildman–Crippen MR) is 129 cm³/mol. The molecule has 1 unspecified atom stereocenters. The lowest BCUT2D eigenvalue weighted by atomic mass is 9.89. The van der Waals surface area contributed by atoms with Gasteiger partial charge in [0.2, 0.25) is 5.91 Å². The summed E-state index contributed by atoms with van der Waals surface area (Å²) in [6, 6.07) is 23.1. The van der Waals surface area contributed by atoms with Gasteiger partial charge in [0.05, 0.1) is 15.2 Å². The average molecular weight is 474 g/mol. The van der Waals surface area contributed by atoms with Gasteiger partial charge in [0, 0.05) is 47.6 Å². The number of hydrogen-bond acceptors (Lipinski definition) is 4. The van der Waals surface area contributed by atoms with Gasteiger partial charge in [-0.15, -0.1) is 11.3 Å². The number of carbonyl (C=O) groups excluding carboxylic acids is 2. The summed E-state index contributed by atoms with van der Waals surface area (Å²) in [4.78, 5) is 35.4. The fraction of sp³-hybridized carbons (Fsp3) is 0.192. The molecule has 7 heteroatoms. The molecule has 0 radical (unpaired) electrons. The highest BCUT2D eigenvalue weighted by atomic mass is 35.5. The van der Waals surface area contributed by atoms with Gasteiger partial charge < -0.3 is 9.80 Å². The molecule has 1 saturated heterocycles. The molecule has 2 aliphatic heterocycles. The maximum absolute atomic E-state index is 13.7. The first-order valence-electron chi connectivity index (χ1n) is 10.9. The maximum Gasteiger partial charge on any atom is 0.256 e. The number of aryl methyl sites for hydroxylation is 1. The number of para-hydroxylation sites is 1. The first-order chi connectivity index (χ1) is 16.1. The molecule has 3 heterocycles. The minimum atomic E-state index is -0.942. The van der Waals surface area contributed by atoms with Gasteiger partial charge in [0.25, 0.3) is 5.91 Å². The summed E-state index contributed by atoms with van der Waals surface area (Å²) in [5.41, 5.74) is 2.39. The van der Waals surface area contributed by atoms with Crippen molar-refractivity contribution in [2.24, 2.45) is 0 Å². The molecule has 0 N–H and O–H groups in total. The number of amides is 2. The van der Waals surface area contributed by atoms with Crippen LogP contribution in [0.15, 0.2) is 72.8 Å². The Morgan fingerprint density at radius 2 is 1.76 bits per heavy atom. The molecule has 164 valence electrons. The van der Waals surface area contributed by atoms with E-state index in [9.17, 15) is 9.59 Å². The maximum atomic E-state index is 13.7. The van der Waals surface area contributed by atoms with E-state index in [1.165, 1.54) is 0 Å². The van der Waals surface area contributed by atoms with Crippen LogP contribution in [0, 0.1) is 0 Å². The van der Waals surface area contributed by atoms with Gasteiger partial charge >= 0.3 is 0 Å². The summed E-state index contributed by atoms with van der Waals surface area (Å²) in [7, 11) is 0. The fourth-order valence-electron chi connectivity index (χ4n) is 5.16. The summed E-state index contributed by atoms with van der Waals surface area (Å²) in [6.07, 6.45) is 0.903. The van der Waals surface area contributed by atoms with Crippen molar-refractivity contribution < 1.29 is 9.59 Å². The van der Waals surface area contributed by atoms with Gasteiger partial charge in [-0.2, -0.15) is 0 Å². The Kier molecular flexibility index (Phi) is 4.75. The molecule has 3 aromatic carbocycles. The van der Waals surface area contributed by atoms with Crippen LogP contribution in [0.4, 0.5) is 0 Å². The van der Waals surface area contributed by atoms with Gasteiger partial charge in [0.15, 0.2) is 5.66 Å². The molecule has 5 nitrogen and oxygen atoms in total. The Balaban J connectivity index is 1.38. The molecule has 0 spiro atoms. The minimum Gasteiger partial charge on any atom is -0.310 e.